The van der Waals surface area contributed by atoms with Crippen LogP contribution < -0.4 is 0 Å². The Hall–Kier alpha value is -0.520. The van der Waals surface area contributed by atoms with Crippen molar-refractivity contribution in [2.75, 3.05) is 0 Å². The molecule has 0 nitrogen and oxygen atoms in total. The molecular formula is C10H14. The predicted octanol–water partition coefficient (Wildman–Crippen LogP) is 3.06. The van der Waals surface area contributed by atoms with Crippen LogP contribution in [0.5, 0.6) is 0 Å². The van der Waals surface area contributed by atoms with Gasteiger partial charge in [0, 0.05) is 0 Å². The van der Waals surface area contributed by atoms with E-state index < -0.39 is 0 Å². The van der Waals surface area contributed by atoms with Gasteiger partial charge in [-0.2, -0.15) is 0 Å². The second-order valence-corrected chi connectivity index (χ2v) is 3.93. The van der Waals surface area contributed by atoms with E-state index in [1.165, 1.54) is 19.3 Å². The van der Waals surface area contributed by atoms with Crippen molar-refractivity contribution in [2.45, 2.75) is 33.1 Å². The minimum Gasteiger partial charge on any atom is -0.0807 e. The predicted molar refractivity (Wildman–Crippen MR) is 43.8 cm³/mol. The van der Waals surface area contributed by atoms with E-state index in [2.05, 4.69) is 26.0 Å². The summed E-state index contributed by atoms with van der Waals surface area (Å²) in [6.45, 7) is 4.63. The zero-order valence-corrected chi connectivity index (χ0v) is 6.78. The van der Waals surface area contributed by atoms with E-state index in [0.717, 1.165) is 0 Å². The minimum atomic E-state index is 0.546. The quantitative estimate of drug-likeness (QED) is 0.477. The molecule has 2 aliphatic rings. The van der Waals surface area contributed by atoms with E-state index in [1.807, 2.05) is 0 Å². The largest absolute Gasteiger partial charge is 0.0807 e. The molecule has 54 valence electrons. The first kappa shape index (κ1) is 6.21. The zero-order valence-electron chi connectivity index (χ0n) is 6.78. The maximum absolute atomic E-state index is 2.40. The highest BCUT2D eigenvalue weighted by molar-refractivity contribution is 5.39. The second kappa shape index (κ2) is 1.75. The maximum Gasteiger partial charge on any atom is -0.00384 e. The van der Waals surface area contributed by atoms with Crippen LogP contribution in [0.1, 0.15) is 33.1 Å². The van der Waals surface area contributed by atoms with Gasteiger partial charge in [0.25, 0.3) is 0 Å². The lowest BCUT2D eigenvalue weighted by Gasteiger charge is -2.20. The van der Waals surface area contributed by atoms with Crippen LogP contribution in [0.3, 0.4) is 0 Å². The lowest BCUT2D eigenvalue weighted by atomic mass is 9.84. The molecule has 0 aromatic carbocycles. The van der Waals surface area contributed by atoms with Gasteiger partial charge in [-0.3, -0.25) is 0 Å². The van der Waals surface area contributed by atoms with E-state index in [0.29, 0.717) is 5.41 Å². The van der Waals surface area contributed by atoms with Crippen molar-refractivity contribution >= 4 is 0 Å². The molecule has 2 aliphatic carbocycles. The van der Waals surface area contributed by atoms with Crippen molar-refractivity contribution in [3.8, 4) is 0 Å². The summed E-state index contributed by atoms with van der Waals surface area (Å²) in [5, 5.41) is 0. The molecule has 0 saturated carbocycles. The Morgan fingerprint density at radius 1 is 1.50 bits per heavy atom. The average molecular weight is 134 g/mol. The maximum atomic E-state index is 2.40. The molecule has 0 N–H and O–H groups in total. The molecule has 0 bridgehead atoms. The monoisotopic (exact) mass is 134 g/mol. The number of rotatable bonds is 0. The van der Waals surface area contributed by atoms with Crippen LogP contribution in [-0.2, 0) is 0 Å². The fraction of sp³-hybridized carbons (Fsp3) is 0.600. The summed E-state index contributed by atoms with van der Waals surface area (Å²) in [6, 6.07) is 0. The first-order valence-corrected chi connectivity index (χ1v) is 4.08. The molecule has 0 heteroatoms. The Kier molecular flexibility index (Phi) is 1.08. The topological polar surface area (TPSA) is 0 Å². The molecule has 0 aromatic heterocycles. The lowest BCUT2D eigenvalue weighted by Crippen LogP contribution is -2.09. The van der Waals surface area contributed by atoms with Gasteiger partial charge in [0.05, 0.1) is 0 Å². The first-order valence-electron chi connectivity index (χ1n) is 4.08. The van der Waals surface area contributed by atoms with Crippen molar-refractivity contribution in [3.63, 3.8) is 0 Å². The third kappa shape index (κ3) is 0.681. The van der Waals surface area contributed by atoms with Crippen molar-refractivity contribution in [1.82, 2.24) is 0 Å². The van der Waals surface area contributed by atoms with Crippen LogP contribution in [0.25, 0.3) is 0 Å². The molecule has 2 rings (SSSR count). The van der Waals surface area contributed by atoms with Gasteiger partial charge in [-0.15, -0.1) is 0 Å². The SMILES string of the molecule is CC1=CC2=CCCC2(C)C1. The van der Waals surface area contributed by atoms with E-state index in [9.17, 15) is 0 Å². The van der Waals surface area contributed by atoms with Gasteiger partial charge in [-0.1, -0.05) is 24.6 Å². The van der Waals surface area contributed by atoms with Crippen molar-refractivity contribution in [3.05, 3.63) is 23.3 Å². The van der Waals surface area contributed by atoms with E-state index in [-0.39, 0.29) is 0 Å². The summed E-state index contributed by atoms with van der Waals surface area (Å²) in [7, 11) is 0. The third-order valence-electron chi connectivity index (χ3n) is 2.83. The number of hydrogen-bond donors (Lipinski definition) is 0. The molecular weight excluding hydrogens is 120 g/mol. The fourth-order valence-electron chi connectivity index (χ4n) is 2.29. The molecule has 10 heavy (non-hydrogen) atoms. The number of fused-ring (bicyclic) bond motifs is 1. The average Bonchev–Trinajstić information content (AvgIpc) is 2.20. The van der Waals surface area contributed by atoms with Crippen molar-refractivity contribution in [1.29, 1.82) is 0 Å². The molecule has 0 spiro atoms. The summed E-state index contributed by atoms with van der Waals surface area (Å²) in [6.07, 6.45) is 8.74. The van der Waals surface area contributed by atoms with Crippen LogP contribution in [0.2, 0.25) is 0 Å². The van der Waals surface area contributed by atoms with Crippen molar-refractivity contribution < 1.29 is 0 Å². The van der Waals surface area contributed by atoms with Gasteiger partial charge < -0.3 is 0 Å². The lowest BCUT2D eigenvalue weighted by molar-refractivity contribution is 0.415. The van der Waals surface area contributed by atoms with Crippen LogP contribution in [0.15, 0.2) is 23.3 Å². The highest BCUT2D eigenvalue weighted by Gasteiger charge is 2.34. The van der Waals surface area contributed by atoms with Gasteiger partial charge in [-0.25, -0.2) is 0 Å². The van der Waals surface area contributed by atoms with E-state index in [1.54, 1.807) is 11.1 Å². The van der Waals surface area contributed by atoms with Crippen molar-refractivity contribution in [2.24, 2.45) is 5.41 Å². The van der Waals surface area contributed by atoms with Gasteiger partial charge in [0.1, 0.15) is 0 Å². The summed E-state index contributed by atoms with van der Waals surface area (Å²) in [5.74, 6) is 0. The fourth-order valence-corrected chi connectivity index (χ4v) is 2.29. The molecule has 0 amide bonds. The highest BCUT2D eigenvalue weighted by Crippen LogP contribution is 2.48. The standard InChI is InChI=1S/C10H14/c1-8-6-9-4-3-5-10(9,2)7-8/h4,6H,3,5,7H2,1-2H3. The van der Waals surface area contributed by atoms with E-state index in [4.69, 9.17) is 0 Å². The van der Waals surface area contributed by atoms with Gasteiger partial charge in [-0.05, 0) is 37.2 Å². The molecule has 0 aromatic rings. The normalized spacial score (nSPS) is 37.4. The molecule has 0 aliphatic heterocycles. The molecule has 0 saturated heterocycles. The summed E-state index contributed by atoms with van der Waals surface area (Å²) in [5.41, 5.74) is 3.71. The molecule has 0 fully saturated rings. The summed E-state index contributed by atoms with van der Waals surface area (Å²) < 4.78 is 0. The van der Waals surface area contributed by atoms with Gasteiger partial charge >= 0.3 is 0 Å². The van der Waals surface area contributed by atoms with Crippen LogP contribution in [0.4, 0.5) is 0 Å². The molecule has 0 heterocycles. The third-order valence-corrected chi connectivity index (χ3v) is 2.83. The Bertz CT molecular complexity index is 220. The van der Waals surface area contributed by atoms with Crippen LogP contribution in [0, 0.1) is 5.41 Å². The second-order valence-electron chi connectivity index (χ2n) is 3.93. The number of allylic oxidation sites excluding steroid dienone is 4. The van der Waals surface area contributed by atoms with Gasteiger partial charge in [0.15, 0.2) is 0 Å². The first-order chi connectivity index (χ1) is 4.71. The van der Waals surface area contributed by atoms with Crippen LogP contribution in [-0.4, -0.2) is 0 Å². The Balaban J connectivity index is 2.38. The Morgan fingerprint density at radius 3 is 3.00 bits per heavy atom. The zero-order chi connectivity index (χ0) is 7.19. The molecule has 1 unspecified atom stereocenters. The summed E-state index contributed by atoms with van der Waals surface area (Å²) in [4.78, 5) is 0. The highest BCUT2D eigenvalue weighted by atomic mass is 14.4. The minimum absolute atomic E-state index is 0.546. The van der Waals surface area contributed by atoms with E-state index >= 15 is 0 Å². The van der Waals surface area contributed by atoms with Gasteiger partial charge in [0.2, 0.25) is 0 Å². The molecule has 0 radical (unpaired) electrons. The molecule has 1 atom stereocenters. The Labute approximate surface area is 62.6 Å². The number of hydrogen-bond acceptors (Lipinski definition) is 0. The summed E-state index contributed by atoms with van der Waals surface area (Å²) >= 11 is 0. The smallest absolute Gasteiger partial charge is 0.00384 e. The Morgan fingerprint density at radius 2 is 2.30 bits per heavy atom. The van der Waals surface area contributed by atoms with Crippen LogP contribution >= 0.6 is 0 Å².